The van der Waals surface area contributed by atoms with E-state index < -0.39 is 0 Å². The minimum Gasteiger partial charge on any atom is -0.360 e. The maximum absolute atomic E-state index is 5.77. The number of thiazole rings is 1. The summed E-state index contributed by atoms with van der Waals surface area (Å²) in [5.74, 6) is 1.31. The van der Waals surface area contributed by atoms with Crippen molar-refractivity contribution in [3.63, 3.8) is 0 Å². The molecule has 1 aliphatic heterocycles. The van der Waals surface area contributed by atoms with E-state index in [1.165, 1.54) is 29.9 Å². The van der Waals surface area contributed by atoms with E-state index >= 15 is 0 Å². The van der Waals surface area contributed by atoms with Gasteiger partial charge in [-0.2, -0.15) is 11.8 Å². The van der Waals surface area contributed by atoms with Crippen LogP contribution in [0.15, 0.2) is 6.20 Å². The maximum Gasteiger partial charge on any atom is 0.184 e. The average Bonchev–Trinajstić information content (AvgIpc) is 2.71. The Morgan fingerprint density at radius 2 is 2.62 bits per heavy atom. The molecule has 1 aliphatic rings. The predicted octanol–water partition coefficient (Wildman–Crippen LogP) is 3.10. The van der Waals surface area contributed by atoms with Crippen LogP contribution >= 0.6 is 34.7 Å². The van der Waals surface area contributed by atoms with Crippen LogP contribution < -0.4 is 5.32 Å². The molecule has 0 saturated carbocycles. The van der Waals surface area contributed by atoms with Crippen molar-refractivity contribution >= 4 is 39.8 Å². The van der Waals surface area contributed by atoms with Gasteiger partial charge in [-0.25, -0.2) is 4.98 Å². The number of nitrogens with zero attached hydrogens (tertiary/aromatic N) is 1. The first-order valence-electron chi connectivity index (χ1n) is 4.31. The lowest BCUT2D eigenvalue weighted by molar-refractivity contribution is 0.805. The number of halogens is 1. The highest BCUT2D eigenvalue weighted by Gasteiger charge is 2.15. The first-order chi connectivity index (χ1) is 6.34. The van der Waals surface area contributed by atoms with Gasteiger partial charge in [0.15, 0.2) is 5.13 Å². The number of hydrogen-bond donors (Lipinski definition) is 1. The van der Waals surface area contributed by atoms with Gasteiger partial charge in [0.25, 0.3) is 0 Å². The Hall–Kier alpha value is 0.0700. The van der Waals surface area contributed by atoms with Gasteiger partial charge in [-0.3, -0.25) is 0 Å². The Labute approximate surface area is 91.1 Å². The van der Waals surface area contributed by atoms with Crippen molar-refractivity contribution < 1.29 is 0 Å². The fourth-order valence-electron chi connectivity index (χ4n) is 1.34. The van der Waals surface area contributed by atoms with Gasteiger partial charge in [-0.05, 0) is 18.6 Å². The van der Waals surface area contributed by atoms with Crippen molar-refractivity contribution in [2.24, 2.45) is 0 Å². The molecule has 2 nitrogen and oxygen atoms in total. The molecular formula is C8H11ClN2S2. The van der Waals surface area contributed by atoms with E-state index in [4.69, 9.17) is 11.6 Å². The summed E-state index contributed by atoms with van der Waals surface area (Å²) >= 11 is 9.32. The van der Waals surface area contributed by atoms with Crippen LogP contribution in [0.5, 0.6) is 0 Å². The van der Waals surface area contributed by atoms with Gasteiger partial charge in [0, 0.05) is 11.8 Å². The first-order valence-corrected chi connectivity index (χ1v) is 6.56. The average molecular weight is 235 g/mol. The van der Waals surface area contributed by atoms with Crippen LogP contribution in [0, 0.1) is 0 Å². The van der Waals surface area contributed by atoms with Crippen molar-refractivity contribution in [1.29, 1.82) is 0 Å². The third-order valence-corrected chi connectivity index (χ3v) is 4.45. The molecule has 0 aromatic carbocycles. The SMILES string of the molecule is Clc1cnc(NCC2CCCS2)s1. The number of thioether (sulfide) groups is 1. The van der Waals surface area contributed by atoms with E-state index in [-0.39, 0.29) is 0 Å². The Balaban J connectivity index is 1.78. The van der Waals surface area contributed by atoms with Gasteiger partial charge >= 0.3 is 0 Å². The minimum absolute atomic E-state index is 0.751. The zero-order valence-corrected chi connectivity index (χ0v) is 9.51. The predicted molar refractivity (Wildman–Crippen MR) is 61.1 cm³/mol. The molecule has 0 radical (unpaired) electrons. The summed E-state index contributed by atoms with van der Waals surface area (Å²) in [5.41, 5.74) is 0. The molecule has 72 valence electrons. The summed E-state index contributed by atoms with van der Waals surface area (Å²) < 4.78 is 0.751. The summed E-state index contributed by atoms with van der Waals surface area (Å²) in [7, 11) is 0. The van der Waals surface area contributed by atoms with E-state index in [1.54, 1.807) is 6.20 Å². The molecule has 1 atom stereocenters. The standard InChI is InChI=1S/C8H11ClN2S2/c9-7-5-11-8(13-7)10-4-6-2-1-3-12-6/h5-6H,1-4H2,(H,10,11). The molecule has 13 heavy (non-hydrogen) atoms. The molecule has 0 spiro atoms. The van der Waals surface area contributed by atoms with Crippen LogP contribution in [-0.2, 0) is 0 Å². The van der Waals surface area contributed by atoms with Gasteiger partial charge in [-0.1, -0.05) is 22.9 Å². The van der Waals surface area contributed by atoms with Crippen LogP contribution in [0.4, 0.5) is 5.13 Å². The van der Waals surface area contributed by atoms with E-state index in [2.05, 4.69) is 10.3 Å². The number of aromatic nitrogens is 1. The van der Waals surface area contributed by atoms with E-state index in [0.29, 0.717) is 0 Å². The molecule has 0 bridgehead atoms. The van der Waals surface area contributed by atoms with Crippen molar-refractivity contribution in [1.82, 2.24) is 4.98 Å². The molecule has 1 unspecified atom stereocenters. The zero-order valence-electron chi connectivity index (χ0n) is 7.12. The lowest BCUT2D eigenvalue weighted by Gasteiger charge is -2.07. The van der Waals surface area contributed by atoms with Crippen LogP contribution in [0.2, 0.25) is 4.34 Å². The quantitative estimate of drug-likeness (QED) is 0.870. The molecule has 1 aromatic rings. The number of nitrogens with one attached hydrogen (secondary N) is 1. The largest absolute Gasteiger partial charge is 0.360 e. The first kappa shape index (κ1) is 9.62. The molecule has 1 N–H and O–H groups in total. The molecule has 2 heterocycles. The van der Waals surface area contributed by atoms with Crippen LogP contribution in [0.1, 0.15) is 12.8 Å². The third kappa shape index (κ3) is 2.76. The van der Waals surface area contributed by atoms with Gasteiger partial charge in [0.05, 0.1) is 6.20 Å². The Morgan fingerprint density at radius 1 is 1.69 bits per heavy atom. The summed E-state index contributed by atoms with van der Waals surface area (Å²) in [6, 6.07) is 0. The highest BCUT2D eigenvalue weighted by atomic mass is 35.5. The minimum atomic E-state index is 0.751. The van der Waals surface area contributed by atoms with Crippen molar-refractivity contribution in [2.45, 2.75) is 18.1 Å². The monoisotopic (exact) mass is 234 g/mol. The smallest absolute Gasteiger partial charge is 0.184 e. The maximum atomic E-state index is 5.77. The van der Waals surface area contributed by atoms with Crippen LogP contribution in [0.3, 0.4) is 0 Å². The number of anilines is 1. The highest BCUT2D eigenvalue weighted by Crippen LogP contribution is 2.27. The lowest BCUT2D eigenvalue weighted by Crippen LogP contribution is -2.13. The van der Waals surface area contributed by atoms with E-state index in [9.17, 15) is 0 Å². The van der Waals surface area contributed by atoms with Crippen molar-refractivity contribution in [3.05, 3.63) is 10.5 Å². The molecule has 1 aromatic heterocycles. The molecule has 2 rings (SSSR count). The molecule has 1 saturated heterocycles. The second kappa shape index (κ2) is 4.53. The fourth-order valence-corrected chi connectivity index (χ4v) is 3.36. The molecule has 5 heteroatoms. The molecule has 0 amide bonds. The van der Waals surface area contributed by atoms with Gasteiger partial charge in [0.1, 0.15) is 4.34 Å². The van der Waals surface area contributed by atoms with Gasteiger partial charge in [-0.15, -0.1) is 0 Å². The number of hydrogen-bond acceptors (Lipinski definition) is 4. The Bertz CT molecular complexity index is 271. The van der Waals surface area contributed by atoms with Gasteiger partial charge < -0.3 is 5.32 Å². The highest BCUT2D eigenvalue weighted by molar-refractivity contribution is 8.00. The third-order valence-electron chi connectivity index (χ3n) is 1.98. The van der Waals surface area contributed by atoms with Crippen LogP contribution in [0.25, 0.3) is 0 Å². The summed E-state index contributed by atoms with van der Waals surface area (Å²) in [5, 5.41) is 5.02. The summed E-state index contributed by atoms with van der Waals surface area (Å²) in [6.45, 7) is 1.02. The fraction of sp³-hybridized carbons (Fsp3) is 0.625. The van der Waals surface area contributed by atoms with Crippen molar-refractivity contribution in [3.8, 4) is 0 Å². The van der Waals surface area contributed by atoms with Crippen LogP contribution in [-0.4, -0.2) is 22.5 Å². The Kier molecular flexibility index (Phi) is 3.35. The molecule has 0 aliphatic carbocycles. The zero-order chi connectivity index (χ0) is 9.10. The van der Waals surface area contributed by atoms with E-state index in [0.717, 1.165) is 21.3 Å². The Morgan fingerprint density at radius 3 is 3.23 bits per heavy atom. The van der Waals surface area contributed by atoms with Gasteiger partial charge in [0.2, 0.25) is 0 Å². The second-order valence-electron chi connectivity index (χ2n) is 2.99. The second-order valence-corrected chi connectivity index (χ2v) is 6.06. The molecule has 1 fully saturated rings. The summed E-state index contributed by atoms with van der Waals surface area (Å²) in [6.07, 6.45) is 4.38. The topological polar surface area (TPSA) is 24.9 Å². The van der Waals surface area contributed by atoms with E-state index in [1.807, 2.05) is 11.8 Å². The normalized spacial score (nSPS) is 22.1. The molecular weight excluding hydrogens is 224 g/mol. The number of rotatable bonds is 3. The summed E-state index contributed by atoms with van der Waals surface area (Å²) in [4.78, 5) is 4.14. The van der Waals surface area contributed by atoms with Crippen molar-refractivity contribution in [2.75, 3.05) is 17.6 Å². The lowest BCUT2D eigenvalue weighted by atomic mass is 10.2.